The van der Waals surface area contributed by atoms with Crippen LogP contribution in [0.4, 0.5) is 17.5 Å². The van der Waals surface area contributed by atoms with Gasteiger partial charge in [-0.2, -0.15) is 4.98 Å². The second kappa shape index (κ2) is 4.59. The van der Waals surface area contributed by atoms with Gasteiger partial charge in [0.05, 0.1) is 6.61 Å². The molecule has 1 fully saturated rings. The van der Waals surface area contributed by atoms with E-state index in [0.29, 0.717) is 0 Å². The number of nitrogens with one attached hydrogen (secondary N) is 3. The highest BCUT2D eigenvalue weighted by molar-refractivity contribution is 5.68. The maximum atomic E-state index is 11.8. The Labute approximate surface area is 112 Å². The highest BCUT2D eigenvalue weighted by Crippen LogP contribution is 2.30. The molecule has 0 aromatic carbocycles. The van der Waals surface area contributed by atoms with Crippen molar-refractivity contribution in [3.05, 3.63) is 10.4 Å². The van der Waals surface area contributed by atoms with Crippen molar-refractivity contribution in [1.82, 2.24) is 9.97 Å². The molecular formula is C10H15N5O5. The van der Waals surface area contributed by atoms with Crippen molar-refractivity contribution in [2.75, 3.05) is 23.0 Å². The third-order valence-corrected chi connectivity index (χ3v) is 3.45. The van der Waals surface area contributed by atoms with Gasteiger partial charge < -0.3 is 36.4 Å². The average Bonchev–Trinajstić information content (AvgIpc) is 2.41. The van der Waals surface area contributed by atoms with E-state index in [1.807, 2.05) is 0 Å². The Balaban J connectivity index is 1.96. The van der Waals surface area contributed by atoms with E-state index in [1.54, 1.807) is 0 Å². The first kappa shape index (κ1) is 13.1. The number of rotatable bonds is 1. The van der Waals surface area contributed by atoms with Crippen LogP contribution in [0.25, 0.3) is 0 Å². The Bertz CT molecular complexity index is 578. The lowest BCUT2D eigenvalue weighted by Gasteiger charge is -2.45. The van der Waals surface area contributed by atoms with Crippen molar-refractivity contribution in [3.8, 4) is 0 Å². The zero-order valence-corrected chi connectivity index (χ0v) is 10.3. The fraction of sp³-hybridized carbons (Fsp3) is 0.600. The summed E-state index contributed by atoms with van der Waals surface area (Å²) < 4.78 is 5.43. The minimum atomic E-state index is -1.27. The van der Waals surface area contributed by atoms with Crippen LogP contribution in [0.1, 0.15) is 0 Å². The van der Waals surface area contributed by atoms with Gasteiger partial charge in [0, 0.05) is 0 Å². The molecule has 0 radical (unpaired) electrons. The van der Waals surface area contributed by atoms with Gasteiger partial charge in [0.15, 0.2) is 12.0 Å². The number of anilines is 3. The summed E-state index contributed by atoms with van der Waals surface area (Å²) in [5.74, 6) is 0.129. The highest BCUT2D eigenvalue weighted by atomic mass is 16.5. The zero-order chi connectivity index (χ0) is 14.4. The third-order valence-electron chi connectivity index (χ3n) is 3.45. The van der Waals surface area contributed by atoms with E-state index in [4.69, 9.17) is 15.6 Å². The fourth-order valence-corrected chi connectivity index (χ4v) is 2.43. The summed E-state index contributed by atoms with van der Waals surface area (Å²) in [5.41, 5.74) is 5.06. The normalized spacial score (nSPS) is 35.5. The highest BCUT2D eigenvalue weighted by Gasteiger charge is 2.47. The minimum Gasteiger partial charge on any atom is -0.394 e. The van der Waals surface area contributed by atoms with Crippen molar-refractivity contribution in [2.45, 2.75) is 30.6 Å². The Hall–Kier alpha value is -1.88. The summed E-state index contributed by atoms with van der Waals surface area (Å²) in [7, 11) is 0. The largest absolute Gasteiger partial charge is 0.394 e. The van der Waals surface area contributed by atoms with Gasteiger partial charge in [0.1, 0.15) is 30.0 Å². The number of aromatic nitrogens is 2. The minimum absolute atomic E-state index is 0.0587. The first-order valence-electron chi connectivity index (χ1n) is 6.06. The van der Waals surface area contributed by atoms with E-state index in [0.717, 1.165) is 0 Å². The summed E-state index contributed by atoms with van der Waals surface area (Å²) in [5, 5.41) is 34.6. The van der Waals surface area contributed by atoms with Crippen LogP contribution in [-0.4, -0.2) is 62.5 Å². The van der Waals surface area contributed by atoms with E-state index < -0.39 is 42.7 Å². The predicted octanol–water partition coefficient (Wildman–Crippen LogP) is -3.00. The van der Waals surface area contributed by atoms with Gasteiger partial charge in [-0.05, 0) is 0 Å². The van der Waals surface area contributed by atoms with Crippen LogP contribution in [0.2, 0.25) is 0 Å². The number of aliphatic hydroxyl groups excluding tert-OH is 3. The number of H-pyrrole nitrogens is 1. The molecule has 0 aliphatic carbocycles. The Kier molecular flexibility index (Phi) is 3.01. The number of aromatic amines is 1. The monoisotopic (exact) mass is 285 g/mol. The summed E-state index contributed by atoms with van der Waals surface area (Å²) in [6.07, 6.45) is -4.17. The van der Waals surface area contributed by atoms with E-state index in [9.17, 15) is 15.0 Å². The van der Waals surface area contributed by atoms with Gasteiger partial charge in [-0.25, -0.2) is 0 Å². The van der Waals surface area contributed by atoms with Crippen LogP contribution in [0.3, 0.4) is 0 Å². The van der Waals surface area contributed by atoms with Gasteiger partial charge in [-0.15, -0.1) is 0 Å². The molecular weight excluding hydrogens is 270 g/mol. The number of aliphatic hydroxyl groups is 3. The number of nitrogen functional groups attached to an aromatic ring is 1. The molecule has 2 aliphatic heterocycles. The van der Waals surface area contributed by atoms with E-state index >= 15 is 0 Å². The van der Waals surface area contributed by atoms with E-state index in [2.05, 4.69) is 20.6 Å². The second-order valence-corrected chi connectivity index (χ2v) is 4.75. The Morgan fingerprint density at radius 1 is 1.30 bits per heavy atom. The number of fused-ring (bicyclic) bond motifs is 2. The zero-order valence-electron chi connectivity index (χ0n) is 10.3. The molecule has 3 rings (SSSR count). The molecule has 0 bridgehead atoms. The molecule has 2 aliphatic rings. The average molecular weight is 285 g/mol. The van der Waals surface area contributed by atoms with E-state index in [1.165, 1.54) is 0 Å². The topological polar surface area (TPSA) is 166 Å². The molecule has 0 saturated carbocycles. The molecule has 1 aromatic rings. The fourth-order valence-electron chi connectivity index (χ4n) is 2.43. The summed E-state index contributed by atoms with van der Waals surface area (Å²) in [6.45, 7) is -0.444. The molecule has 10 heteroatoms. The smallest absolute Gasteiger partial charge is 0.277 e. The van der Waals surface area contributed by atoms with Crippen molar-refractivity contribution in [2.24, 2.45) is 0 Å². The lowest BCUT2D eigenvalue weighted by atomic mass is 9.94. The summed E-state index contributed by atoms with van der Waals surface area (Å²) >= 11 is 0. The Morgan fingerprint density at radius 2 is 2.05 bits per heavy atom. The van der Waals surface area contributed by atoms with Crippen LogP contribution < -0.4 is 21.9 Å². The molecule has 0 spiro atoms. The van der Waals surface area contributed by atoms with Crippen molar-refractivity contribution in [3.63, 3.8) is 0 Å². The van der Waals surface area contributed by atoms with Gasteiger partial charge in [-0.1, -0.05) is 0 Å². The van der Waals surface area contributed by atoms with Crippen molar-refractivity contribution >= 4 is 17.5 Å². The van der Waals surface area contributed by atoms with Crippen LogP contribution in [0.15, 0.2) is 4.79 Å². The molecule has 5 atom stereocenters. The van der Waals surface area contributed by atoms with Crippen LogP contribution in [0.5, 0.6) is 0 Å². The first-order chi connectivity index (χ1) is 9.51. The molecule has 1 aromatic heterocycles. The number of hydrogen-bond donors (Lipinski definition) is 7. The van der Waals surface area contributed by atoms with Crippen LogP contribution in [0, 0.1) is 0 Å². The van der Waals surface area contributed by atoms with Gasteiger partial charge in [0.25, 0.3) is 5.56 Å². The molecule has 10 nitrogen and oxygen atoms in total. The maximum absolute atomic E-state index is 11.8. The molecule has 0 amide bonds. The van der Waals surface area contributed by atoms with Crippen LogP contribution in [-0.2, 0) is 4.74 Å². The molecule has 20 heavy (non-hydrogen) atoms. The first-order valence-corrected chi connectivity index (χ1v) is 6.06. The molecule has 3 heterocycles. The molecule has 2 unspecified atom stereocenters. The van der Waals surface area contributed by atoms with Crippen molar-refractivity contribution < 1.29 is 20.1 Å². The van der Waals surface area contributed by atoms with E-state index in [-0.39, 0.29) is 17.5 Å². The summed E-state index contributed by atoms with van der Waals surface area (Å²) in [4.78, 5) is 18.0. The predicted molar refractivity (Wildman–Crippen MR) is 68.1 cm³/mol. The number of nitrogens with two attached hydrogens (primary N) is 1. The quantitative estimate of drug-likeness (QED) is 0.284. The SMILES string of the molecule is Nc1nc2c(c(=O)[nH]1)NC1C(N2)O[C@H](CO)[C@H](O)[C@@H]1O. The lowest BCUT2D eigenvalue weighted by Crippen LogP contribution is -2.65. The molecule has 8 N–H and O–H groups in total. The summed E-state index contributed by atoms with van der Waals surface area (Å²) in [6, 6.07) is -0.758. The maximum Gasteiger partial charge on any atom is 0.277 e. The van der Waals surface area contributed by atoms with Gasteiger partial charge >= 0.3 is 0 Å². The second-order valence-electron chi connectivity index (χ2n) is 4.75. The van der Waals surface area contributed by atoms with Gasteiger partial charge in [0.2, 0.25) is 5.95 Å². The standard InChI is InChI=1S/C10H15N5O5/c11-10-14-7-4(8(19)15-10)12-3-6(18)5(17)2(1-16)20-9(3)13-7/h2-3,5-6,9,12,16-18H,1H2,(H4,11,13,14,15,19)/t2-,3?,5+,6-,9?/m1/s1. The van der Waals surface area contributed by atoms with Gasteiger partial charge in [-0.3, -0.25) is 9.78 Å². The Morgan fingerprint density at radius 3 is 2.75 bits per heavy atom. The molecule has 1 saturated heterocycles. The third kappa shape index (κ3) is 1.89. The van der Waals surface area contributed by atoms with Crippen molar-refractivity contribution in [1.29, 1.82) is 0 Å². The number of ether oxygens (including phenoxy) is 1. The molecule has 110 valence electrons. The number of hydrogen-bond acceptors (Lipinski definition) is 9. The lowest BCUT2D eigenvalue weighted by molar-refractivity contribution is -0.178. The number of nitrogens with zero attached hydrogens (tertiary/aromatic N) is 1. The van der Waals surface area contributed by atoms with Crippen LogP contribution >= 0.6 is 0 Å².